The molecular weight excluding hydrogens is 387 g/mol. The molecule has 3 aromatic rings. The first kappa shape index (κ1) is 20.9. The van der Waals surface area contributed by atoms with Crippen LogP contribution in [0.5, 0.6) is 0 Å². The summed E-state index contributed by atoms with van der Waals surface area (Å²) in [5.41, 5.74) is 2.50. The lowest BCUT2D eigenvalue weighted by Gasteiger charge is -2.24. The lowest BCUT2D eigenvalue weighted by atomic mass is 10.1. The third kappa shape index (κ3) is 5.38. The van der Waals surface area contributed by atoms with Crippen molar-refractivity contribution in [2.24, 2.45) is 0 Å². The van der Waals surface area contributed by atoms with Gasteiger partial charge in [0.15, 0.2) is 0 Å². The van der Waals surface area contributed by atoms with Crippen molar-refractivity contribution in [1.29, 1.82) is 0 Å². The summed E-state index contributed by atoms with van der Waals surface area (Å²) in [7, 11) is 1.69. The maximum Gasteiger partial charge on any atom is 0.256 e. The van der Waals surface area contributed by atoms with E-state index in [-0.39, 0.29) is 11.5 Å². The summed E-state index contributed by atoms with van der Waals surface area (Å²) >= 11 is 1.36. The van der Waals surface area contributed by atoms with Gasteiger partial charge in [-0.05, 0) is 31.5 Å². The summed E-state index contributed by atoms with van der Waals surface area (Å²) in [6.45, 7) is 5.93. The molecule has 0 aliphatic rings. The molecule has 0 N–H and O–H groups in total. The van der Waals surface area contributed by atoms with Gasteiger partial charge in [0.2, 0.25) is 5.13 Å². The van der Waals surface area contributed by atoms with Gasteiger partial charge in [-0.3, -0.25) is 4.79 Å². The van der Waals surface area contributed by atoms with Crippen LogP contribution in [0.4, 0.5) is 9.52 Å². The van der Waals surface area contributed by atoms with Gasteiger partial charge in [0.05, 0.1) is 5.56 Å². The van der Waals surface area contributed by atoms with Gasteiger partial charge in [0.1, 0.15) is 11.6 Å². The Morgan fingerprint density at radius 3 is 2.52 bits per heavy atom. The fourth-order valence-electron chi connectivity index (χ4n) is 2.94. The normalized spacial score (nSPS) is 10.8. The molecule has 29 heavy (non-hydrogen) atoms. The molecule has 0 bridgehead atoms. The second-order valence-electron chi connectivity index (χ2n) is 6.94. The van der Waals surface area contributed by atoms with E-state index in [1.54, 1.807) is 19.2 Å². The van der Waals surface area contributed by atoms with Crippen LogP contribution in [0.15, 0.2) is 48.5 Å². The Morgan fingerprint density at radius 2 is 1.83 bits per heavy atom. The van der Waals surface area contributed by atoms with Crippen LogP contribution in [-0.4, -0.2) is 46.8 Å². The lowest BCUT2D eigenvalue weighted by Crippen LogP contribution is -2.36. The lowest BCUT2D eigenvalue weighted by molar-refractivity contribution is 0.0794. The van der Waals surface area contributed by atoms with Gasteiger partial charge in [-0.15, -0.1) is 0 Å². The SMILES string of the molecule is CCN(CCN(C)C(=O)c1ccccc1F)c1nc(Cc2ccc(C)cc2)ns1. The van der Waals surface area contributed by atoms with E-state index >= 15 is 0 Å². The maximum atomic E-state index is 13.9. The summed E-state index contributed by atoms with van der Waals surface area (Å²) in [6, 6.07) is 14.4. The van der Waals surface area contributed by atoms with Gasteiger partial charge in [-0.2, -0.15) is 4.37 Å². The van der Waals surface area contributed by atoms with Crippen molar-refractivity contribution in [3.05, 3.63) is 76.9 Å². The Kier molecular flexibility index (Phi) is 6.93. The van der Waals surface area contributed by atoms with Crippen molar-refractivity contribution in [1.82, 2.24) is 14.3 Å². The third-order valence-corrected chi connectivity index (χ3v) is 5.56. The number of aryl methyl sites for hydroxylation is 1. The summed E-state index contributed by atoms with van der Waals surface area (Å²) in [4.78, 5) is 20.8. The van der Waals surface area contributed by atoms with E-state index in [0.717, 1.165) is 17.5 Å². The predicted octanol–water partition coefficient (Wildman–Crippen LogP) is 4.17. The minimum absolute atomic E-state index is 0.0920. The number of rotatable bonds is 8. The molecule has 0 saturated carbocycles. The van der Waals surface area contributed by atoms with E-state index in [1.807, 2.05) is 6.92 Å². The first-order valence-corrected chi connectivity index (χ1v) is 10.4. The van der Waals surface area contributed by atoms with Crippen molar-refractivity contribution < 1.29 is 9.18 Å². The molecule has 0 radical (unpaired) electrons. The standard InChI is InChI=1S/C22H25FN4OS/c1-4-27(14-13-26(3)21(28)18-7-5-6-8-19(18)23)22-24-20(25-29-22)15-17-11-9-16(2)10-12-17/h5-12H,4,13-15H2,1-3H3. The molecule has 1 aromatic heterocycles. The number of hydrogen-bond acceptors (Lipinski definition) is 5. The average Bonchev–Trinajstić information content (AvgIpc) is 3.18. The molecule has 0 aliphatic carbocycles. The van der Waals surface area contributed by atoms with Crippen LogP contribution >= 0.6 is 11.5 Å². The number of hydrogen-bond donors (Lipinski definition) is 0. The Balaban J connectivity index is 1.60. The molecule has 7 heteroatoms. The zero-order valence-corrected chi connectivity index (χ0v) is 17.7. The van der Waals surface area contributed by atoms with E-state index in [2.05, 4.69) is 45.4 Å². The molecule has 1 amide bonds. The molecule has 0 unspecified atom stereocenters. The first-order valence-electron chi connectivity index (χ1n) is 9.61. The van der Waals surface area contributed by atoms with E-state index in [1.165, 1.54) is 39.7 Å². The minimum atomic E-state index is -0.499. The van der Waals surface area contributed by atoms with Gasteiger partial charge < -0.3 is 9.80 Å². The molecule has 5 nitrogen and oxygen atoms in total. The topological polar surface area (TPSA) is 49.3 Å². The number of anilines is 1. The van der Waals surface area contributed by atoms with E-state index in [4.69, 9.17) is 0 Å². The molecule has 0 saturated heterocycles. The van der Waals surface area contributed by atoms with Gasteiger partial charge in [0.25, 0.3) is 5.91 Å². The van der Waals surface area contributed by atoms with Crippen LogP contribution in [0.2, 0.25) is 0 Å². The minimum Gasteiger partial charge on any atom is -0.345 e. The smallest absolute Gasteiger partial charge is 0.256 e. The number of likely N-dealkylation sites (N-methyl/N-ethyl adjacent to an activating group) is 2. The third-order valence-electron chi connectivity index (χ3n) is 4.75. The van der Waals surface area contributed by atoms with E-state index in [9.17, 15) is 9.18 Å². The Morgan fingerprint density at radius 1 is 1.10 bits per heavy atom. The molecule has 0 atom stereocenters. The van der Waals surface area contributed by atoms with Gasteiger partial charge in [0, 0.05) is 44.6 Å². The van der Waals surface area contributed by atoms with Crippen molar-refractivity contribution >= 4 is 22.6 Å². The Labute approximate surface area is 175 Å². The molecule has 1 heterocycles. The zero-order valence-electron chi connectivity index (χ0n) is 16.9. The summed E-state index contributed by atoms with van der Waals surface area (Å²) < 4.78 is 18.3. The van der Waals surface area contributed by atoms with Crippen molar-refractivity contribution in [3.63, 3.8) is 0 Å². The molecule has 3 rings (SSSR count). The zero-order chi connectivity index (χ0) is 20.8. The van der Waals surface area contributed by atoms with Crippen molar-refractivity contribution in [2.45, 2.75) is 20.3 Å². The molecular formula is C22H25FN4OS. The van der Waals surface area contributed by atoms with Crippen LogP contribution in [0.3, 0.4) is 0 Å². The number of nitrogens with zero attached hydrogens (tertiary/aromatic N) is 4. The average molecular weight is 413 g/mol. The summed E-state index contributed by atoms with van der Waals surface area (Å²) in [5, 5.41) is 0.835. The van der Waals surface area contributed by atoms with Gasteiger partial charge >= 0.3 is 0 Å². The molecule has 0 fully saturated rings. The van der Waals surface area contributed by atoms with E-state index < -0.39 is 5.82 Å². The number of carbonyl (C=O) groups excluding carboxylic acids is 1. The molecule has 152 valence electrons. The maximum absolute atomic E-state index is 13.9. The number of aromatic nitrogens is 2. The number of halogens is 1. The summed E-state index contributed by atoms with van der Waals surface area (Å²) in [5.74, 6) is -0.0267. The van der Waals surface area contributed by atoms with Crippen LogP contribution in [-0.2, 0) is 6.42 Å². The van der Waals surface area contributed by atoms with E-state index in [0.29, 0.717) is 19.5 Å². The number of carbonyl (C=O) groups is 1. The predicted molar refractivity (Wildman–Crippen MR) is 115 cm³/mol. The molecule has 0 aliphatic heterocycles. The first-order chi connectivity index (χ1) is 14.0. The highest BCUT2D eigenvalue weighted by atomic mass is 32.1. The monoisotopic (exact) mass is 412 g/mol. The van der Waals surface area contributed by atoms with Gasteiger partial charge in [-0.25, -0.2) is 9.37 Å². The summed E-state index contributed by atoms with van der Waals surface area (Å²) in [6.07, 6.45) is 0.694. The second-order valence-corrected chi connectivity index (χ2v) is 7.67. The number of amides is 1. The second kappa shape index (κ2) is 9.60. The van der Waals surface area contributed by atoms with Crippen molar-refractivity contribution in [3.8, 4) is 0 Å². The molecule has 0 spiro atoms. The van der Waals surface area contributed by atoms with Crippen LogP contribution in [0.1, 0.15) is 34.2 Å². The van der Waals surface area contributed by atoms with Crippen LogP contribution in [0, 0.1) is 12.7 Å². The molecule has 2 aromatic carbocycles. The highest BCUT2D eigenvalue weighted by Gasteiger charge is 2.17. The largest absolute Gasteiger partial charge is 0.345 e. The highest BCUT2D eigenvalue weighted by molar-refractivity contribution is 7.09. The van der Waals surface area contributed by atoms with Gasteiger partial charge in [-0.1, -0.05) is 42.0 Å². The van der Waals surface area contributed by atoms with Crippen LogP contribution < -0.4 is 4.90 Å². The van der Waals surface area contributed by atoms with Crippen molar-refractivity contribution in [2.75, 3.05) is 31.6 Å². The highest BCUT2D eigenvalue weighted by Crippen LogP contribution is 2.19. The quantitative estimate of drug-likeness (QED) is 0.557. The fourth-order valence-corrected chi connectivity index (χ4v) is 3.71. The Hall–Kier alpha value is -2.80. The number of benzene rings is 2. The van der Waals surface area contributed by atoms with Crippen LogP contribution in [0.25, 0.3) is 0 Å². The fraction of sp³-hybridized carbons (Fsp3) is 0.318. The Bertz CT molecular complexity index is 957.